The normalized spacial score (nSPS) is 9.10. The predicted octanol–water partition coefficient (Wildman–Crippen LogP) is 4.97. The maximum atomic E-state index is 11.3. The Kier molecular flexibility index (Phi) is 7.37. The van der Waals surface area contributed by atoms with E-state index in [0.29, 0.717) is 11.3 Å². The first-order chi connectivity index (χ1) is 9.32. The fourth-order valence-corrected chi connectivity index (χ4v) is 1.39. The average Bonchev–Trinajstić information content (AvgIpc) is 2.42. The van der Waals surface area contributed by atoms with Crippen LogP contribution in [0.3, 0.4) is 0 Å². The number of benzene rings is 1. The maximum Gasteiger partial charge on any atom is 0.161 e. The number of ether oxygens (including phenoxy) is 1. The molecule has 0 aliphatic heterocycles. The van der Waals surface area contributed by atoms with Gasteiger partial charge < -0.3 is 9.84 Å². The number of hydrogen-bond acceptors (Lipinski definition) is 3. The van der Waals surface area contributed by atoms with Crippen LogP contribution >= 0.6 is 0 Å². The van der Waals surface area contributed by atoms with Gasteiger partial charge in [0.1, 0.15) is 5.75 Å². The minimum absolute atomic E-state index is 0.0302. The zero-order valence-corrected chi connectivity index (χ0v) is 13.2. The second-order valence-corrected chi connectivity index (χ2v) is 4.41. The lowest BCUT2D eigenvalue weighted by atomic mass is 10.1. The minimum Gasteiger partial charge on any atom is -0.504 e. The second kappa shape index (κ2) is 8.20. The topological polar surface area (TPSA) is 46.5 Å². The van der Waals surface area contributed by atoms with Crippen LogP contribution in [-0.2, 0) is 0 Å². The van der Waals surface area contributed by atoms with Crippen LogP contribution in [0.5, 0.6) is 5.75 Å². The Morgan fingerprint density at radius 3 is 2.20 bits per heavy atom. The van der Waals surface area contributed by atoms with Gasteiger partial charge in [-0.3, -0.25) is 4.79 Å². The number of allylic oxidation sites excluding steroid dienone is 1. The third kappa shape index (κ3) is 4.92. The van der Waals surface area contributed by atoms with Gasteiger partial charge in [-0.05, 0) is 44.9 Å². The molecule has 0 heterocycles. The van der Waals surface area contributed by atoms with Crippen LogP contribution in [0.25, 0.3) is 0 Å². The fourth-order valence-electron chi connectivity index (χ4n) is 1.39. The summed E-state index contributed by atoms with van der Waals surface area (Å²) in [5.74, 6) is 0.707. The molecule has 0 amide bonds. The van der Waals surface area contributed by atoms with Crippen LogP contribution in [-0.4, -0.2) is 10.9 Å². The largest absolute Gasteiger partial charge is 0.504 e. The Labute approximate surface area is 121 Å². The number of aryl methyl sites for hydroxylation is 1. The Balaban J connectivity index is 0.00000172. The molecular formula is C17H24O3. The molecule has 1 aromatic carbocycles. The molecule has 0 bridgehead atoms. The van der Waals surface area contributed by atoms with Crippen LogP contribution in [0.2, 0.25) is 0 Å². The smallest absolute Gasteiger partial charge is 0.161 e. The summed E-state index contributed by atoms with van der Waals surface area (Å²) in [4.78, 5) is 11.3. The summed E-state index contributed by atoms with van der Waals surface area (Å²) >= 11 is 0. The number of ketones is 1. The fraction of sp³-hybridized carbons (Fsp3) is 0.353. The molecule has 0 radical (unpaired) electrons. The summed E-state index contributed by atoms with van der Waals surface area (Å²) in [7, 11) is 0. The van der Waals surface area contributed by atoms with E-state index in [1.807, 2.05) is 20.8 Å². The van der Waals surface area contributed by atoms with Gasteiger partial charge in [0, 0.05) is 5.56 Å². The maximum absolute atomic E-state index is 11.3. The van der Waals surface area contributed by atoms with Gasteiger partial charge in [0.15, 0.2) is 17.3 Å². The third-order valence-electron chi connectivity index (χ3n) is 2.57. The number of Topliss-reactive ketones (excluding diaryl/α,β-unsaturated/α-hetero) is 1. The molecule has 0 atom stereocenters. The molecule has 0 aliphatic rings. The molecule has 1 N–H and O–H groups in total. The van der Waals surface area contributed by atoms with Crippen LogP contribution < -0.4 is 4.74 Å². The Bertz CT molecular complexity index is 521. The molecule has 3 heteroatoms. The SMILES string of the molecule is C=C(Oc1cc(C(C)=O)ccc1C)C(O)=C(C)C.CC. The van der Waals surface area contributed by atoms with Crippen molar-refractivity contribution in [2.45, 2.75) is 41.5 Å². The number of hydrogen-bond donors (Lipinski definition) is 1. The molecule has 0 saturated carbocycles. The van der Waals surface area contributed by atoms with Crippen LogP contribution in [0.15, 0.2) is 41.9 Å². The van der Waals surface area contributed by atoms with E-state index in [0.717, 1.165) is 11.1 Å². The van der Waals surface area contributed by atoms with E-state index >= 15 is 0 Å². The minimum atomic E-state index is -0.0306. The number of aliphatic hydroxyl groups excluding tert-OH is 1. The molecule has 0 unspecified atom stereocenters. The van der Waals surface area contributed by atoms with E-state index in [-0.39, 0.29) is 17.3 Å². The van der Waals surface area contributed by atoms with E-state index in [1.165, 1.54) is 6.92 Å². The molecule has 0 aliphatic carbocycles. The lowest BCUT2D eigenvalue weighted by Crippen LogP contribution is -2.01. The summed E-state index contributed by atoms with van der Waals surface area (Å²) in [5, 5.41) is 9.71. The van der Waals surface area contributed by atoms with Crippen molar-refractivity contribution in [3.63, 3.8) is 0 Å². The highest BCUT2D eigenvalue weighted by molar-refractivity contribution is 5.94. The highest BCUT2D eigenvalue weighted by Crippen LogP contribution is 2.24. The molecule has 3 nitrogen and oxygen atoms in total. The Hall–Kier alpha value is -2.03. The number of carbonyl (C=O) groups is 1. The van der Waals surface area contributed by atoms with Gasteiger partial charge in [-0.25, -0.2) is 0 Å². The van der Waals surface area contributed by atoms with Crippen molar-refractivity contribution in [2.75, 3.05) is 0 Å². The van der Waals surface area contributed by atoms with E-state index < -0.39 is 0 Å². The van der Waals surface area contributed by atoms with Crippen LogP contribution in [0.1, 0.15) is 50.5 Å². The van der Waals surface area contributed by atoms with E-state index in [4.69, 9.17) is 4.74 Å². The van der Waals surface area contributed by atoms with Gasteiger partial charge >= 0.3 is 0 Å². The van der Waals surface area contributed by atoms with Crippen molar-refractivity contribution in [3.8, 4) is 5.75 Å². The van der Waals surface area contributed by atoms with Crippen molar-refractivity contribution >= 4 is 5.78 Å². The summed E-state index contributed by atoms with van der Waals surface area (Å²) < 4.78 is 5.50. The molecule has 0 spiro atoms. The first-order valence-corrected chi connectivity index (χ1v) is 6.68. The van der Waals surface area contributed by atoms with Crippen LogP contribution in [0.4, 0.5) is 0 Å². The van der Waals surface area contributed by atoms with Gasteiger partial charge in [0.2, 0.25) is 0 Å². The van der Waals surface area contributed by atoms with Crippen molar-refractivity contribution in [2.24, 2.45) is 0 Å². The predicted molar refractivity (Wildman–Crippen MR) is 83.3 cm³/mol. The van der Waals surface area contributed by atoms with Crippen molar-refractivity contribution in [1.82, 2.24) is 0 Å². The van der Waals surface area contributed by atoms with Crippen molar-refractivity contribution < 1.29 is 14.6 Å². The number of carbonyl (C=O) groups excluding carboxylic acids is 1. The molecule has 20 heavy (non-hydrogen) atoms. The first-order valence-electron chi connectivity index (χ1n) is 6.68. The van der Waals surface area contributed by atoms with Gasteiger partial charge in [-0.2, -0.15) is 0 Å². The second-order valence-electron chi connectivity index (χ2n) is 4.41. The van der Waals surface area contributed by atoms with Gasteiger partial charge in [0.05, 0.1) is 0 Å². The highest BCUT2D eigenvalue weighted by atomic mass is 16.5. The summed E-state index contributed by atoms with van der Waals surface area (Å²) in [6.07, 6.45) is 0. The Morgan fingerprint density at radius 2 is 1.75 bits per heavy atom. The standard InChI is InChI=1S/C15H18O3.C2H6/c1-9(2)15(17)12(5)18-14-8-13(11(4)16)7-6-10(14)3;1-2/h6-8,17H,5H2,1-4H3;1-2H3. The van der Waals surface area contributed by atoms with Crippen molar-refractivity contribution in [1.29, 1.82) is 0 Å². The molecule has 0 fully saturated rings. The summed E-state index contributed by atoms with van der Waals surface area (Å²) in [5.41, 5.74) is 2.17. The summed E-state index contributed by atoms with van der Waals surface area (Å²) in [6.45, 7) is 14.6. The van der Waals surface area contributed by atoms with Crippen LogP contribution in [0, 0.1) is 6.92 Å². The van der Waals surface area contributed by atoms with Gasteiger partial charge in [-0.1, -0.05) is 32.6 Å². The van der Waals surface area contributed by atoms with Gasteiger partial charge in [-0.15, -0.1) is 0 Å². The zero-order valence-electron chi connectivity index (χ0n) is 13.2. The van der Waals surface area contributed by atoms with E-state index in [1.54, 1.807) is 32.0 Å². The highest BCUT2D eigenvalue weighted by Gasteiger charge is 2.09. The molecular weight excluding hydrogens is 252 g/mol. The molecule has 0 saturated heterocycles. The molecule has 0 aromatic heterocycles. The zero-order chi connectivity index (χ0) is 15.9. The first kappa shape index (κ1) is 18.0. The molecule has 1 aromatic rings. The molecule has 110 valence electrons. The monoisotopic (exact) mass is 276 g/mol. The van der Waals surface area contributed by atoms with Gasteiger partial charge in [0.25, 0.3) is 0 Å². The number of aliphatic hydroxyl groups is 1. The summed E-state index contributed by atoms with van der Waals surface area (Å²) in [6, 6.07) is 5.20. The lowest BCUT2D eigenvalue weighted by molar-refractivity contribution is 0.101. The molecule has 1 rings (SSSR count). The van der Waals surface area contributed by atoms with E-state index in [2.05, 4.69) is 6.58 Å². The Morgan fingerprint density at radius 1 is 1.20 bits per heavy atom. The average molecular weight is 276 g/mol. The third-order valence-corrected chi connectivity index (χ3v) is 2.57. The number of rotatable bonds is 4. The van der Waals surface area contributed by atoms with Crippen molar-refractivity contribution in [3.05, 3.63) is 53.0 Å². The quantitative estimate of drug-likeness (QED) is 0.480. The lowest BCUT2D eigenvalue weighted by Gasteiger charge is -2.12. The van der Waals surface area contributed by atoms with E-state index in [9.17, 15) is 9.90 Å².